The summed E-state index contributed by atoms with van der Waals surface area (Å²) in [6.45, 7) is 0. The summed E-state index contributed by atoms with van der Waals surface area (Å²) in [7, 11) is 1.32. The molecule has 4 nitrogen and oxygen atoms in total. The van der Waals surface area contributed by atoms with Gasteiger partial charge in [-0.05, 0) is 12.8 Å². The van der Waals surface area contributed by atoms with Gasteiger partial charge < -0.3 is 9.26 Å². The molecule has 0 unspecified atom stereocenters. The van der Waals surface area contributed by atoms with Crippen LogP contribution in [-0.4, -0.2) is 18.2 Å². The summed E-state index contributed by atoms with van der Waals surface area (Å²) >= 11 is 0. The van der Waals surface area contributed by atoms with Crippen molar-refractivity contribution in [2.45, 2.75) is 18.8 Å². The fourth-order valence-electron chi connectivity index (χ4n) is 1.06. The zero-order valence-electron chi connectivity index (χ0n) is 6.74. The number of ether oxygens (including phenoxy) is 1. The van der Waals surface area contributed by atoms with Crippen LogP contribution < -0.4 is 0 Å². The molecule has 0 amide bonds. The Hall–Kier alpha value is -1.32. The van der Waals surface area contributed by atoms with E-state index in [1.807, 2.05) is 0 Å². The number of hydrogen-bond donors (Lipinski definition) is 0. The van der Waals surface area contributed by atoms with Gasteiger partial charge in [0.05, 0.1) is 12.8 Å². The van der Waals surface area contributed by atoms with Crippen LogP contribution in [0, 0.1) is 0 Å². The Kier molecular flexibility index (Phi) is 1.60. The van der Waals surface area contributed by atoms with Crippen molar-refractivity contribution in [3.05, 3.63) is 17.5 Å². The molecule has 1 aromatic rings. The van der Waals surface area contributed by atoms with Crippen molar-refractivity contribution in [1.82, 2.24) is 5.16 Å². The Morgan fingerprint density at radius 2 is 2.50 bits per heavy atom. The van der Waals surface area contributed by atoms with Gasteiger partial charge in [-0.15, -0.1) is 0 Å². The lowest BCUT2D eigenvalue weighted by Gasteiger charge is -1.88. The van der Waals surface area contributed by atoms with Crippen molar-refractivity contribution >= 4 is 5.97 Å². The fourth-order valence-corrected chi connectivity index (χ4v) is 1.06. The van der Waals surface area contributed by atoms with Crippen molar-refractivity contribution in [2.75, 3.05) is 7.11 Å². The Bertz CT molecular complexity index is 301. The van der Waals surface area contributed by atoms with Crippen molar-refractivity contribution < 1.29 is 14.1 Å². The molecule has 0 radical (unpaired) electrons. The lowest BCUT2D eigenvalue weighted by atomic mass is 10.3. The van der Waals surface area contributed by atoms with E-state index in [1.54, 1.807) is 6.07 Å². The first-order valence-electron chi connectivity index (χ1n) is 3.86. The minimum Gasteiger partial charge on any atom is -0.463 e. The number of methoxy groups -OCH3 is 1. The molecule has 0 atom stereocenters. The number of esters is 1. The van der Waals surface area contributed by atoms with E-state index < -0.39 is 5.97 Å². The Labute approximate surface area is 69.5 Å². The molecule has 0 aromatic carbocycles. The van der Waals surface area contributed by atoms with Crippen LogP contribution in [0.1, 0.15) is 35.0 Å². The van der Waals surface area contributed by atoms with Gasteiger partial charge >= 0.3 is 5.97 Å². The molecule has 12 heavy (non-hydrogen) atoms. The van der Waals surface area contributed by atoms with E-state index in [-0.39, 0.29) is 5.76 Å². The molecule has 1 aromatic heterocycles. The number of rotatable bonds is 2. The summed E-state index contributed by atoms with van der Waals surface area (Å²) < 4.78 is 9.27. The van der Waals surface area contributed by atoms with E-state index in [2.05, 4.69) is 9.89 Å². The quantitative estimate of drug-likeness (QED) is 0.623. The van der Waals surface area contributed by atoms with Gasteiger partial charge in [0, 0.05) is 12.0 Å². The summed E-state index contributed by atoms with van der Waals surface area (Å²) in [6.07, 6.45) is 2.29. The third kappa shape index (κ3) is 1.20. The van der Waals surface area contributed by atoms with E-state index in [9.17, 15) is 4.79 Å². The molecule has 4 heteroatoms. The van der Waals surface area contributed by atoms with Crippen molar-refractivity contribution in [3.8, 4) is 0 Å². The molecule has 2 rings (SSSR count). The zero-order chi connectivity index (χ0) is 8.55. The average molecular weight is 167 g/mol. The van der Waals surface area contributed by atoms with E-state index in [4.69, 9.17) is 4.52 Å². The minimum atomic E-state index is -0.464. The summed E-state index contributed by atoms with van der Waals surface area (Å²) in [5.74, 6) is 0.237. The molecule has 1 fully saturated rings. The molecule has 1 saturated carbocycles. The first kappa shape index (κ1) is 7.34. The monoisotopic (exact) mass is 167 g/mol. The summed E-state index contributed by atoms with van der Waals surface area (Å²) in [5.41, 5.74) is 0.871. The molecule has 1 aliphatic rings. The van der Waals surface area contributed by atoms with Crippen LogP contribution in [0.3, 0.4) is 0 Å². The van der Waals surface area contributed by atoms with Gasteiger partial charge in [-0.3, -0.25) is 0 Å². The SMILES string of the molecule is COC(=O)c1cc(C2CC2)no1. The van der Waals surface area contributed by atoms with E-state index >= 15 is 0 Å². The van der Waals surface area contributed by atoms with E-state index in [0.717, 1.165) is 18.5 Å². The summed E-state index contributed by atoms with van der Waals surface area (Å²) in [6, 6.07) is 1.66. The standard InChI is InChI=1S/C8H9NO3/c1-11-8(10)7-4-6(9-12-7)5-2-3-5/h4-5H,2-3H2,1H3. The predicted octanol–water partition coefficient (Wildman–Crippen LogP) is 1.34. The van der Waals surface area contributed by atoms with Crippen LogP contribution in [0.25, 0.3) is 0 Å². The van der Waals surface area contributed by atoms with Crippen molar-refractivity contribution in [3.63, 3.8) is 0 Å². The smallest absolute Gasteiger partial charge is 0.376 e. The third-order valence-corrected chi connectivity index (χ3v) is 1.91. The molecule has 1 aliphatic carbocycles. The lowest BCUT2D eigenvalue weighted by molar-refractivity contribution is 0.0554. The highest BCUT2D eigenvalue weighted by Gasteiger charge is 2.28. The Morgan fingerprint density at radius 3 is 3.08 bits per heavy atom. The van der Waals surface area contributed by atoms with Crippen LogP contribution in [-0.2, 0) is 4.74 Å². The zero-order valence-corrected chi connectivity index (χ0v) is 6.74. The maximum absolute atomic E-state index is 10.9. The van der Waals surface area contributed by atoms with Gasteiger partial charge in [0.15, 0.2) is 0 Å². The minimum absolute atomic E-state index is 0.194. The number of aromatic nitrogens is 1. The van der Waals surface area contributed by atoms with E-state index in [1.165, 1.54) is 7.11 Å². The van der Waals surface area contributed by atoms with Gasteiger partial charge in [0.1, 0.15) is 0 Å². The number of nitrogens with zero attached hydrogens (tertiary/aromatic N) is 1. The van der Waals surface area contributed by atoms with Gasteiger partial charge in [0.2, 0.25) is 5.76 Å². The highest BCUT2D eigenvalue weighted by Crippen LogP contribution is 2.39. The largest absolute Gasteiger partial charge is 0.463 e. The second-order valence-corrected chi connectivity index (χ2v) is 2.88. The van der Waals surface area contributed by atoms with Crippen LogP contribution in [0.15, 0.2) is 10.6 Å². The number of carbonyl (C=O) groups is 1. The number of carbonyl (C=O) groups excluding carboxylic acids is 1. The molecule has 0 N–H and O–H groups in total. The molecule has 0 saturated heterocycles. The average Bonchev–Trinajstić information content (AvgIpc) is 2.83. The maximum Gasteiger partial charge on any atom is 0.376 e. The first-order valence-corrected chi connectivity index (χ1v) is 3.86. The molecule has 0 spiro atoms. The van der Waals surface area contributed by atoms with Gasteiger partial charge in [-0.2, -0.15) is 0 Å². The second kappa shape index (κ2) is 2.62. The third-order valence-electron chi connectivity index (χ3n) is 1.91. The lowest BCUT2D eigenvalue weighted by Crippen LogP contribution is -1.98. The van der Waals surface area contributed by atoms with Crippen LogP contribution in [0.4, 0.5) is 0 Å². The number of hydrogen-bond acceptors (Lipinski definition) is 4. The van der Waals surface area contributed by atoms with Crippen LogP contribution in [0.2, 0.25) is 0 Å². The Morgan fingerprint density at radius 1 is 1.75 bits per heavy atom. The van der Waals surface area contributed by atoms with Gasteiger partial charge in [-0.1, -0.05) is 5.16 Å². The molecule has 1 heterocycles. The maximum atomic E-state index is 10.9. The van der Waals surface area contributed by atoms with Crippen molar-refractivity contribution in [2.24, 2.45) is 0 Å². The molecular formula is C8H9NO3. The van der Waals surface area contributed by atoms with Crippen LogP contribution in [0.5, 0.6) is 0 Å². The Balaban J connectivity index is 2.17. The molecule has 64 valence electrons. The highest BCUT2D eigenvalue weighted by atomic mass is 16.5. The van der Waals surface area contributed by atoms with Gasteiger partial charge in [0.25, 0.3) is 0 Å². The highest BCUT2D eigenvalue weighted by molar-refractivity contribution is 5.86. The first-order chi connectivity index (χ1) is 5.81. The fraction of sp³-hybridized carbons (Fsp3) is 0.500. The predicted molar refractivity (Wildman–Crippen MR) is 39.8 cm³/mol. The second-order valence-electron chi connectivity index (χ2n) is 2.88. The van der Waals surface area contributed by atoms with Gasteiger partial charge in [-0.25, -0.2) is 4.79 Å². The molecule has 0 bridgehead atoms. The molecular weight excluding hydrogens is 158 g/mol. The molecule has 0 aliphatic heterocycles. The van der Waals surface area contributed by atoms with E-state index in [0.29, 0.717) is 5.92 Å². The van der Waals surface area contributed by atoms with Crippen molar-refractivity contribution in [1.29, 1.82) is 0 Å². The normalized spacial score (nSPS) is 16.1. The topological polar surface area (TPSA) is 52.3 Å². The van der Waals surface area contributed by atoms with Crippen LogP contribution >= 0.6 is 0 Å². The summed E-state index contributed by atoms with van der Waals surface area (Å²) in [4.78, 5) is 10.9. The summed E-state index contributed by atoms with van der Waals surface area (Å²) in [5, 5.41) is 3.77.